The molecule has 2 aromatic heterocycles. The van der Waals surface area contributed by atoms with Crippen LogP contribution in [0.2, 0.25) is 0 Å². The van der Waals surface area contributed by atoms with Gasteiger partial charge in [0, 0.05) is 31.4 Å². The van der Waals surface area contributed by atoms with Crippen molar-refractivity contribution in [3.8, 4) is 0 Å². The fraction of sp³-hybridized carbons (Fsp3) is 0.600. The monoisotopic (exact) mass is 401 g/mol. The topological polar surface area (TPSA) is 100 Å². The molecule has 2 aliphatic rings. The van der Waals surface area contributed by atoms with E-state index in [9.17, 15) is 14.4 Å². The van der Waals surface area contributed by atoms with Crippen LogP contribution in [0.5, 0.6) is 0 Å². The van der Waals surface area contributed by atoms with E-state index in [1.54, 1.807) is 15.9 Å². The molecule has 9 heteroatoms. The number of aryl methyl sites for hydroxylation is 1. The number of H-pyrrole nitrogens is 1. The lowest BCUT2D eigenvalue weighted by Gasteiger charge is -2.25. The van der Waals surface area contributed by atoms with E-state index in [1.807, 2.05) is 27.7 Å². The second kappa shape index (κ2) is 6.89. The molecule has 0 aromatic carbocycles. The standard InChI is InChI=1S/C20H27N5O4/c1-5-13-8-15-21-16-14(17(26)25(15)22-13)11-24(18(16)27)10-12-6-7-23(9-12)19(28)29-20(2,3)4/h8,12,22H,5-7,9-11H2,1-4H3. The summed E-state index contributed by atoms with van der Waals surface area (Å²) < 4.78 is 6.84. The second-order valence-electron chi connectivity index (χ2n) is 8.84. The van der Waals surface area contributed by atoms with E-state index in [0.717, 1.165) is 18.5 Å². The fourth-order valence-corrected chi connectivity index (χ4v) is 3.95. The molecule has 9 nitrogen and oxygen atoms in total. The van der Waals surface area contributed by atoms with Crippen molar-refractivity contribution in [1.29, 1.82) is 0 Å². The van der Waals surface area contributed by atoms with Crippen LogP contribution < -0.4 is 5.56 Å². The predicted octanol–water partition coefficient (Wildman–Crippen LogP) is 1.80. The second-order valence-corrected chi connectivity index (χ2v) is 8.84. The van der Waals surface area contributed by atoms with E-state index >= 15 is 0 Å². The van der Waals surface area contributed by atoms with Crippen LogP contribution in [0.15, 0.2) is 10.9 Å². The summed E-state index contributed by atoms with van der Waals surface area (Å²) in [5.74, 6) is -0.0605. The number of nitrogens with zero attached hydrogens (tertiary/aromatic N) is 4. The zero-order valence-corrected chi connectivity index (χ0v) is 17.3. The third-order valence-corrected chi connectivity index (χ3v) is 5.40. The smallest absolute Gasteiger partial charge is 0.410 e. The van der Waals surface area contributed by atoms with Gasteiger partial charge in [-0.05, 0) is 39.5 Å². The molecule has 0 bridgehead atoms. The molecule has 0 spiro atoms. The van der Waals surface area contributed by atoms with Gasteiger partial charge in [-0.3, -0.25) is 14.7 Å². The third-order valence-electron chi connectivity index (χ3n) is 5.40. The maximum atomic E-state index is 12.9. The van der Waals surface area contributed by atoms with Crippen LogP contribution >= 0.6 is 0 Å². The number of aromatic amines is 1. The molecule has 2 aliphatic heterocycles. The van der Waals surface area contributed by atoms with E-state index < -0.39 is 5.60 Å². The average Bonchev–Trinajstić information content (AvgIpc) is 3.34. The van der Waals surface area contributed by atoms with E-state index in [1.165, 1.54) is 4.52 Å². The molecule has 1 atom stereocenters. The van der Waals surface area contributed by atoms with Crippen LogP contribution in [0.25, 0.3) is 5.65 Å². The van der Waals surface area contributed by atoms with Gasteiger partial charge in [0.2, 0.25) is 0 Å². The molecular weight excluding hydrogens is 374 g/mol. The number of amides is 2. The van der Waals surface area contributed by atoms with Gasteiger partial charge in [-0.1, -0.05) is 6.92 Å². The maximum Gasteiger partial charge on any atom is 0.410 e. The van der Waals surface area contributed by atoms with Crippen molar-refractivity contribution in [3.63, 3.8) is 0 Å². The number of rotatable bonds is 3. The summed E-state index contributed by atoms with van der Waals surface area (Å²) in [6.07, 6.45) is 1.23. The molecule has 1 unspecified atom stereocenters. The zero-order chi connectivity index (χ0) is 20.9. The minimum absolute atomic E-state index is 0.153. The summed E-state index contributed by atoms with van der Waals surface area (Å²) in [6, 6.07) is 1.80. The Labute approximate surface area is 168 Å². The van der Waals surface area contributed by atoms with Crippen LogP contribution in [-0.2, 0) is 17.7 Å². The lowest BCUT2D eigenvalue weighted by molar-refractivity contribution is 0.0286. The van der Waals surface area contributed by atoms with Gasteiger partial charge >= 0.3 is 6.09 Å². The van der Waals surface area contributed by atoms with Crippen molar-refractivity contribution in [2.45, 2.75) is 52.7 Å². The Bertz CT molecular complexity index is 1030. The van der Waals surface area contributed by atoms with Gasteiger partial charge in [-0.2, -0.15) is 0 Å². The Balaban J connectivity index is 1.46. The van der Waals surface area contributed by atoms with E-state index in [2.05, 4.69) is 10.1 Å². The number of nitrogens with one attached hydrogen (secondary N) is 1. The summed E-state index contributed by atoms with van der Waals surface area (Å²) in [5, 5.41) is 3.04. The normalized spacial score (nSPS) is 19.3. The number of ether oxygens (including phenoxy) is 1. The van der Waals surface area contributed by atoms with Gasteiger partial charge in [-0.25, -0.2) is 14.3 Å². The highest BCUT2D eigenvalue weighted by molar-refractivity contribution is 5.96. The van der Waals surface area contributed by atoms with Crippen LogP contribution in [-0.4, -0.2) is 61.6 Å². The van der Waals surface area contributed by atoms with Crippen LogP contribution in [0.4, 0.5) is 4.79 Å². The van der Waals surface area contributed by atoms with Gasteiger partial charge in [-0.15, -0.1) is 0 Å². The highest BCUT2D eigenvalue weighted by Crippen LogP contribution is 2.25. The molecule has 29 heavy (non-hydrogen) atoms. The summed E-state index contributed by atoms with van der Waals surface area (Å²) in [6.45, 7) is 9.41. The first-order chi connectivity index (χ1) is 13.7. The van der Waals surface area contributed by atoms with Crippen molar-refractivity contribution in [1.82, 2.24) is 24.4 Å². The highest BCUT2D eigenvalue weighted by Gasteiger charge is 2.36. The molecule has 2 amide bonds. The van der Waals surface area contributed by atoms with Gasteiger partial charge in [0.25, 0.3) is 11.5 Å². The molecule has 1 saturated heterocycles. The third kappa shape index (κ3) is 3.61. The Kier molecular flexibility index (Phi) is 4.63. The fourth-order valence-electron chi connectivity index (χ4n) is 3.95. The van der Waals surface area contributed by atoms with Gasteiger partial charge < -0.3 is 14.5 Å². The zero-order valence-electron chi connectivity index (χ0n) is 17.3. The molecule has 0 aliphatic carbocycles. The van der Waals surface area contributed by atoms with Crippen molar-refractivity contribution < 1.29 is 14.3 Å². The number of carbonyl (C=O) groups excluding carboxylic acids is 2. The number of fused-ring (bicyclic) bond motifs is 2. The molecule has 2 aromatic rings. The largest absolute Gasteiger partial charge is 0.444 e. The number of aromatic nitrogens is 3. The van der Waals surface area contributed by atoms with Gasteiger partial charge in [0.05, 0.1) is 12.1 Å². The van der Waals surface area contributed by atoms with Gasteiger partial charge in [0.1, 0.15) is 11.3 Å². The molecule has 156 valence electrons. The minimum Gasteiger partial charge on any atom is -0.444 e. The molecule has 4 rings (SSSR count). The predicted molar refractivity (Wildman–Crippen MR) is 106 cm³/mol. The van der Waals surface area contributed by atoms with E-state index in [-0.39, 0.29) is 35.7 Å². The summed E-state index contributed by atoms with van der Waals surface area (Å²) in [7, 11) is 0. The van der Waals surface area contributed by atoms with Crippen LogP contribution in [0, 0.1) is 5.92 Å². The number of carbonyl (C=O) groups is 2. The van der Waals surface area contributed by atoms with Crippen molar-refractivity contribution in [2.24, 2.45) is 5.92 Å². The quantitative estimate of drug-likeness (QED) is 0.845. The molecule has 1 N–H and O–H groups in total. The summed E-state index contributed by atoms with van der Waals surface area (Å²) in [4.78, 5) is 45.7. The Morgan fingerprint density at radius 2 is 2.10 bits per heavy atom. The summed E-state index contributed by atoms with van der Waals surface area (Å²) in [5.41, 5.74) is 1.30. The molecule has 4 heterocycles. The Morgan fingerprint density at radius 1 is 1.34 bits per heavy atom. The number of hydrogen-bond donors (Lipinski definition) is 1. The first-order valence-corrected chi connectivity index (χ1v) is 10.1. The Morgan fingerprint density at radius 3 is 2.79 bits per heavy atom. The Hall–Kier alpha value is -2.84. The average molecular weight is 401 g/mol. The van der Waals surface area contributed by atoms with E-state index in [4.69, 9.17) is 4.74 Å². The van der Waals surface area contributed by atoms with Crippen molar-refractivity contribution >= 4 is 17.6 Å². The number of hydrogen-bond acceptors (Lipinski definition) is 5. The first-order valence-electron chi connectivity index (χ1n) is 10.1. The van der Waals surface area contributed by atoms with E-state index in [0.29, 0.717) is 30.8 Å². The lowest BCUT2D eigenvalue weighted by atomic mass is 10.1. The lowest BCUT2D eigenvalue weighted by Crippen LogP contribution is -2.36. The summed E-state index contributed by atoms with van der Waals surface area (Å²) >= 11 is 0. The maximum absolute atomic E-state index is 12.9. The van der Waals surface area contributed by atoms with Crippen molar-refractivity contribution in [3.05, 3.63) is 33.4 Å². The minimum atomic E-state index is -0.532. The van der Waals surface area contributed by atoms with Gasteiger partial charge in [0.15, 0.2) is 5.65 Å². The number of likely N-dealkylation sites (tertiary alicyclic amines) is 1. The molecule has 0 saturated carbocycles. The SMILES string of the molecule is CCc1cc2nc3c(c(=O)n2[nH]1)CN(CC1CCN(C(=O)OC(C)(C)C)C1)C3=O. The highest BCUT2D eigenvalue weighted by atomic mass is 16.6. The van der Waals surface area contributed by atoms with Crippen LogP contribution in [0.3, 0.4) is 0 Å². The molecule has 1 fully saturated rings. The van der Waals surface area contributed by atoms with Crippen LogP contribution in [0.1, 0.15) is 55.9 Å². The molecule has 0 radical (unpaired) electrons. The molecular formula is C20H27N5O4. The van der Waals surface area contributed by atoms with Crippen molar-refractivity contribution in [2.75, 3.05) is 19.6 Å². The first kappa shape index (κ1) is 19.5.